The number of methoxy groups -OCH3 is 1. The van der Waals surface area contributed by atoms with Gasteiger partial charge in [-0.2, -0.15) is 9.90 Å². The molecule has 0 aliphatic carbocycles. The molecule has 0 saturated heterocycles. The smallest absolute Gasteiger partial charge is 0.291 e. The number of hydrogen-bond acceptors (Lipinski definition) is 6. The van der Waals surface area contributed by atoms with Crippen LogP contribution in [0.4, 0.5) is 0 Å². The Hall–Kier alpha value is -3.88. The lowest BCUT2D eigenvalue weighted by atomic mass is 10.2. The standard InChI is InChI=1S/C20H21N5O4/c1-13(2)29-17-10-9-14(11-18(17)28-3)19(26)22-23-20(27)16-12-21-25(24-16)15-7-5-4-6-8-15/h4-13H,1-3H3,(H,22,26)(H,23,27). The summed E-state index contributed by atoms with van der Waals surface area (Å²) in [6.45, 7) is 3.78. The third kappa shape index (κ3) is 4.89. The molecule has 29 heavy (non-hydrogen) atoms. The number of nitrogens with one attached hydrogen (secondary N) is 2. The van der Waals surface area contributed by atoms with Gasteiger partial charge in [-0.05, 0) is 44.2 Å². The maximum absolute atomic E-state index is 12.3. The minimum atomic E-state index is -0.591. The van der Waals surface area contributed by atoms with E-state index in [2.05, 4.69) is 21.0 Å². The van der Waals surface area contributed by atoms with Crippen LogP contribution in [-0.4, -0.2) is 40.0 Å². The van der Waals surface area contributed by atoms with Gasteiger partial charge in [-0.1, -0.05) is 18.2 Å². The van der Waals surface area contributed by atoms with Crippen LogP contribution in [-0.2, 0) is 0 Å². The van der Waals surface area contributed by atoms with Crippen molar-refractivity contribution in [3.05, 3.63) is 66.0 Å². The van der Waals surface area contributed by atoms with Crippen LogP contribution in [0.2, 0.25) is 0 Å². The Morgan fingerprint density at radius 3 is 2.41 bits per heavy atom. The van der Waals surface area contributed by atoms with Gasteiger partial charge in [-0.25, -0.2) is 0 Å². The normalized spacial score (nSPS) is 10.5. The van der Waals surface area contributed by atoms with Crippen LogP contribution in [0.3, 0.4) is 0 Å². The van der Waals surface area contributed by atoms with Crippen LogP contribution in [0.15, 0.2) is 54.7 Å². The van der Waals surface area contributed by atoms with Crippen molar-refractivity contribution in [2.75, 3.05) is 7.11 Å². The molecule has 0 saturated carbocycles. The molecule has 0 aliphatic rings. The van der Waals surface area contributed by atoms with Gasteiger partial charge in [0.15, 0.2) is 17.2 Å². The van der Waals surface area contributed by atoms with Crippen molar-refractivity contribution in [3.63, 3.8) is 0 Å². The molecule has 9 nitrogen and oxygen atoms in total. The molecule has 9 heteroatoms. The van der Waals surface area contributed by atoms with E-state index in [4.69, 9.17) is 9.47 Å². The lowest BCUT2D eigenvalue weighted by Gasteiger charge is -2.14. The van der Waals surface area contributed by atoms with Crippen LogP contribution >= 0.6 is 0 Å². The molecule has 2 amide bonds. The molecule has 0 bridgehead atoms. The number of ether oxygens (including phenoxy) is 2. The van der Waals surface area contributed by atoms with E-state index in [1.165, 1.54) is 24.2 Å². The Morgan fingerprint density at radius 2 is 1.72 bits per heavy atom. The number of rotatable bonds is 6. The highest BCUT2D eigenvalue weighted by molar-refractivity contribution is 5.98. The molecule has 2 aromatic carbocycles. The summed E-state index contributed by atoms with van der Waals surface area (Å²) in [4.78, 5) is 25.9. The van der Waals surface area contributed by atoms with Crippen LogP contribution in [0, 0.1) is 0 Å². The average Bonchev–Trinajstić information content (AvgIpc) is 3.22. The van der Waals surface area contributed by atoms with Crippen LogP contribution in [0.1, 0.15) is 34.7 Å². The van der Waals surface area contributed by atoms with E-state index in [0.717, 1.165) is 0 Å². The summed E-state index contributed by atoms with van der Waals surface area (Å²) in [5.41, 5.74) is 5.74. The fraction of sp³-hybridized carbons (Fsp3) is 0.200. The summed E-state index contributed by atoms with van der Waals surface area (Å²) >= 11 is 0. The van der Waals surface area contributed by atoms with Crippen molar-refractivity contribution in [2.45, 2.75) is 20.0 Å². The maximum atomic E-state index is 12.3. The number of aromatic nitrogens is 3. The molecule has 0 fully saturated rings. The summed E-state index contributed by atoms with van der Waals surface area (Å²) in [6.07, 6.45) is 1.28. The molecular formula is C20H21N5O4. The topological polar surface area (TPSA) is 107 Å². The van der Waals surface area contributed by atoms with E-state index in [0.29, 0.717) is 22.7 Å². The first kappa shape index (κ1) is 19.9. The monoisotopic (exact) mass is 395 g/mol. The molecule has 1 aromatic heterocycles. The van der Waals surface area contributed by atoms with E-state index in [9.17, 15) is 9.59 Å². The zero-order chi connectivity index (χ0) is 20.8. The van der Waals surface area contributed by atoms with E-state index < -0.39 is 11.8 Å². The van der Waals surface area contributed by atoms with Crippen LogP contribution < -0.4 is 20.3 Å². The Morgan fingerprint density at radius 1 is 1.00 bits per heavy atom. The zero-order valence-electron chi connectivity index (χ0n) is 16.2. The van der Waals surface area contributed by atoms with Crippen molar-refractivity contribution in [1.82, 2.24) is 25.8 Å². The van der Waals surface area contributed by atoms with Crippen molar-refractivity contribution in [2.24, 2.45) is 0 Å². The predicted molar refractivity (Wildman–Crippen MR) is 105 cm³/mol. The van der Waals surface area contributed by atoms with Crippen LogP contribution in [0.5, 0.6) is 11.5 Å². The van der Waals surface area contributed by atoms with E-state index in [1.54, 1.807) is 12.1 Å². The first-order valence-electron chi connectivity index (χ1n) is 8.91. The van der Waals surface area contributed by atoms with E-state index in [1.807, 2.05) is 44.2 Å². The first-order chi connectivity index (χ1) is 14.0. The van der Waals surface area contributed by atoms with Gasteiger partial charge in [0.25, 0.3) is 11.8 Å². The van der Waals surface area contributed by atoms with Gasteiger partial charge < -0.3 is 9.47 Å². The highest BCUT2D eigenvalue weighted by Crippen LogP contribution is 2.28. The van der Waals surface area contributed by atoms with Crippen molar-refractivity contribution in [3.8, 4) is 17.2 Å². The number of amides is 2. The van der Waals surface area contributed by atoms with Gasteiger partial charge >= 0.3 is 0 Å². The number of carbonyl (C=O) groups is 2. The number of benzene rings is 2. The highest BCUT2D eigenvalue weighted by atomic mass is 16.5. The SMILES string of the molecule is COc1cc(C(=O)NNC(=O)c2cnn(-c3ccccc3)n2)ccc1OC(C)C. The summed E-state index contributed by atoms with van der Waals surface area (Å²) < 4.78 is 10.9. The van der Waals surface area contributed by atoms with Gasteiger partial charge in [-0.15, -0.1) is 5.10 Å². The minimum absolute atomic E-state index is 0.0350. The molecule has 0 aliphatic heterocycles. The molecule has 1 heterocycles. The molecule has 0 unspecified atom stereocenters. The molecule has 0 spiro atoms. The Bertz CT molecular complexity index is 1000. The maximum Gasteiger partial charge on any atom is 0.291 e. The van der Waals surface area contributed by atoms with Gasteiger partial charge in [0.05, 0.1) is 25.1 Å². The van der Waals surface area contributed by atoms with Gasteiger partial charge in [0.2, 0.25) is 0 Å². The second kappa shape index (κ2) is 8.87. The summed E-state index contributed by atoms with van der Waals surface area (Å²) in [5, 5.41) is 8.15. The van der Waals surface area contributed by atoms with Gasteiger partial charge in [-0.3, -0.25) is 20.4 Å². The number of hydrogen-bond donors (Lipinski definition) is 2. The Balaban J connectivity index is 1.63. The molecule has 0 radical (unpaired) electrons. The fourth-order valence-corrected chi connectivity index (χ4v) is 2.46. The number of nitrogens with zero attached hydrogens (tertiary/aromatic N) is 3. The fourth-order valence-electron chi connectivity index (χ4n) is 2.46. The lowest BCUT2D eigenvalue weighted by Crippen LogP contribution is -2.41. The minimum Gasteiger partial charge on any atom is -0.493 e. The average molecular weight is 395 g/mol. The quantitative estimate of drug-likeness (QED) is 0.619. The number of carbonyl (C=O) groups excluding carboxylic acids is 2. The second-order valence-corrected chi connectivity index (χ2v) is 6.30. The van der Waals surface area contributed by atoms with Crippen molar-refractivity contribution < 1.29 is 19.1 Å². The second-order valence-electron chi connectivity index (χ2n) is 6.30. The molecule has 3 aromatic rings. The summed E-state index contributed by atoms with van der Waals surface area (Å²) in [5.74, 6) is -0.153. The van der Waals surface area contributed by atoms with E-state index >= 15 is 0 Å². The predicted octanol–water partition coefficient (Wildman–Crippen LogP) is 2.14. The number of para-hydroxylation sites is 1. The third-order valence-electron chi connectivity index (χ3n) is 3.79. The van der Waals surface area contributed by atoms with Gasteiger partial charge in [0, 0.05) is 5.56 Å². The van der Waals surface area contributed by atoms with Gasteiger partial charge in [0.1, 0.15) is 0 Å². The third-order valence-corrected chi connectivity index (χ3v) is 3.79. The summed E-state index contributed by atoms with van der Waals surface area (Å²) in [6, 6.07) is 13.9. The zero-order valence-corrected chi connectivity index (χ0v) is 16.2. The molecule has 2 N–H and O–H groups in total. The molecular weight excluding hydrogens is 374 g/mol. The Kier molecular flexibility index (Phi) is 6.08. The molecule has 0 atom stereocenters. The first-order valence-corrected chi connectivity index (χ1v) is 8.91. The molecule has 3 rings (SSSR count). The lowest BCUT2D eigenvalue weighted by molar-refractivity contribution is 0.0843. The summed E-state index contributed by atoms with van der Waals surface area (Å²) in [7, 11) is 1.49. The molecule has 150 valence electrons. The number of hydrazine groups is 1. The van der Waals surface area contributed by atoms with E-state index in [-0.39, 0.29) is 11.8 Å². The highest BCUT2D eigenvalue weighted by Gasteiger charge is 2.15. The van der Waals surface area contributed by atoms with Crippen molar-refractivity contribution >= 4 is 11.8 Å². The van der Waals surface area contributed by atoms with Crippen LogP contribution in [0.25, 0.3) is 5.69 Å². The largest absolute Gasteiger partial charge is 0.493 e. The Labute approximate surface area is 167 Å². The van der Waals surface area contributed by atoms with Crippen molar-refractivity contribution in [1.29, 1.82) is 0 Å².